The van der Waals surface area contributed by atoms with E-state index in [1.807, 2.05) is 0 Å². The molecule has 2 amide bonds. The molecule has 1 saturated carbocycles. The SMILES string of the molecule is C=C[C@]1(C)CC[C@@H]2C[C@H]1C(=C)CN1CCC(CC1)CC(=O)NCCCCCC(=O)NCC2=C. The number of nitrogens with one attached hydrogen (secondary N) is 2. The highest BCUT2D eigenvalue weighted by atomic mass is 16.2. The number of carbonyl (C=O) groups is 2. The van der Waals surface area contributed by atoms with Gasteiger partial charge in [0.05, 0.1) is 0 Å². The van der Waals surface area contributed by atoms with Crippen LogP contribution in [0.15, 0.2) is 37.0 Å². The lowest BCUT2D eigenvalue weighted by Crippen LogP contribution is -2.41. The van der Waals surface area contributed by atoms with Crippen LogP contribution in [0.1, 0.15) is 71.1 Å². The molecular formula is C28H45N3O2. The van der Waals surface area contributed by atoms with Crippen LogP contribution in [0.4, 0.5) is 0 Å². The maximum absolute atomic E-state index is 12.3. The van der Waals surface area contributed by atoms with E-state index in [1.165, 1.54) is 5.57 Å². The lowest BCUT2D eigenvalue weighted by Gasteiger charge is -2.45. The van der Waals surface area contributed by atoms with E-state index in [0.29, 0.717) is 43.7 Å². The molecule has 1 aliphatic carbocycles. The quantitative estimate of drug-likeness (QED) is 0.568. The Bertz CT molecular complexity index is 737. The molecular weight excluding hydrogens is 410 g/mol. The van der Waals surface area contributed by atoms with Crippen LogP contribution in [0.5, 0.6) is 0 Å². The van der Waals surface area contributed by atoms with E-state index < -0.39 is 0 Å². The zero-order chi connectivity index (χ0) is 23.8. The zero-order valence-electron chi connectivity index (χ0n) is 20.8. The van der Waals surface area contributed by atoms with Crippen molar-refractivity contribution in [2.75, 3.05) is 32.7 Å². The van der Waals surface area contributed by atoms with Crippen molar-refractivity contribution in [1.82, 2.24) is 15.5 Å². The maximum atomic E-state index is 12.3. The van der Waals surface area contributed by atoms with Gasteiger partial charge in [0.25, 0.3) is 0 Å². The molecule has 3 aliphatic heterocycles. The van der Waals surface area contributed by atoms with Crippen LogP contribution in [0.2, 0.25) is 0 Å². The van der Waals surface area contributed by atoms with Crippen molar-refractivity contribution < 1.29 is 9.59 Å². The van der Waals surface area contributed by atoms with Crippen molar-refractivity contribution in [1.29, 1.82) is 0 Å². The number of carbonyl (C=O) groups excluding carboxylic acids is 2. The van der Waals surface area contributed by atoms with E-state index >= 15 is 0 Å². The molecule has 0 aromatic carbocycles. The average Bonchev–Trinajstić information content (AvgIpc) is 2.80. The Labute approximate surface area is 201 Å². The Balaban J connectivity index is 1.68. The van der Waals surface area contributed by atoms with E-state index in [1.54, 1.807) is 0 Å². The molecule has 184 valence electrons. The van der Waals surface area contributed by atoms with Gasteiger partial charge < -0.3 is 10.6 Å². The summed E-state index contributed by atoms with van der Waals surface area (Å²) in [6, 6.07) is 0. The number of nitrogens with zero attached hydrogens (tertiary/aromatic N) is 1. The molecule has 0 unspecified atom stereocenters. The molecule has 4 aliphatic rings. The maximum Gasteiger partial charge on any atom is 0.220 e. The third-order valence-corrected chi connectivity index (χ3v) is 8.41. The van der Waals surface area contributed by atoms with Crippen LogP contribution < -0.4 is 10.6 Å². The number of piperidine rings is 1. The zero-order valence-corrected chi connectivity index (χ0v) is 20.8. The molecule has 3 atom stereocenters. The summed E-state index contributed by atoms with van der Waals surface area (Å²) in [5.41, 5.74) is 2.49. The van der Waals surface area contributed by atoms with Crippen molar-refractivity contribution in [3.63, 3.8) is 0 Å². The summed E-state index contributed by atoms with van der Waals surface area (Å²) in [5.74, 6) is 1.54. The predicted octanol–water partition coefficient (Wildman–Crippen LogP) is 4.62. The lowest BCUT2D eigenvalue weighted by molar-refractivity contribution is -0.122. The van der Waals surface area contributed by atoms with Gasteiger partial charge in [0.2, 0.25) is 11.8 Å². The van der Waals surface area contributed by atoms with E-state index in [9.17, 15) is 9.59 Å². The number of hydrogen-bond donors (Lipinski definition) is 2. The summed E-state index contributed by atoms with van der Waals surface area (Å²) in [6.07, 6.45) is 11.4. The number of rotatable bonds is 1. The average molecular weight is 456 g/mol. The fourth-order valence-electron chi connectivity index (χ4n) is 5.92. The van der Waals surface area contributed by atoms with Crippen LogP contribution in [0.25, 0.3) is 0 Å². The minimum absolute atomic E-state index is 0.0583. The van der Waals surface area contributed by atoms with Crippen molar-refractivity contribution in [3.05, 3.63) is 37.0 Å². The largest absolute Gasteiger partial charge is 0.356 e. The van der Waals surface area contributed by atoms with Gasteiger partial charge in [-0.05, 0) is 81.2 Å². The second-order valence-corrected chi connectivity index (χ2v) is 10.9. The molecule has 5 heteroatoms. The van der Waals surface area contributed by atoms with Gasteiger partial charge in [0.1, 0.15) is 0 Å². The molecule has 4 rings (SSSR count). The van der Waals surface area contributed by atoms with Crippen LogP contribution in [-0.2, 0) is 9.59 Å². The molecule has 0 radical (unpaired) electrons. The third kappa shape index (κ3) is 7.30. The third-order valence-electron chi connectivity index (χ3n) is 8.41. The van der Waals surface area contributed by atoms with Gasteiger partial charge in [-0.1, -0.05) is 43.7 Å². The highest BCUT2D eigenvalue weighted by Crippen LogP contribution is 2.49. The number of fused-ring (bicyclic) bond motifs is 14. The summed E-state index contributed by atoms with van der Waals surface area (Å²) in [6.45, 7) is 19.7. The van der Waals surface area contributed by atoms with Gasteiger partial charge in [0.15, 0.2) is 0 Å². The summed E-state index contributed by atoms with van der Waals surface area (Å²) in [5, 5.41) is 6.15. The van der Waals surface area contributed by atoms with Crippen LogP contribution in [0, 0.1) is 23.2 Å². The van der Waals surface area contributed by atoms with E-state index in [4.69, 9.17) is 0 Å². The molecule has 0 aromatic rings. The topological polar surface area (TPSA) is 61.4 Å². The normalized spacial score (nSPS) is 35.8. The monoisotopic (exact) mass is 455 g/mol. The summed E-state index contributed by atoms with van der Waals surface area (Å²) >= 11 is 0. The van der Waals surface area contributed by atoms with Crippen LogP contribution >= 0.6 is 0 Å². The molecule has 3 saturated heterocycles. The van der Waals surface area contributed by atoms with Crippen molar-refractivity contribution in [2.45, 2.75) is 71.1 Å². The number of allylic oxidation sites excluding steroid dienone is 1. The Morgan fingerprint density at radius 2 is 1.76 bits per heavy atom. The smallest absolute Gasteiger partial charge is 0.220 e. The van der Waals surface area contributed by atoms with Gasteiger partial charge in [0, 0.05) is 32.5 Å². The fourth-order valence-corrected chi connectivity index (χ4v) is 5.92. The molecule has 2 N–H and O–H groups in total. The first kappa shape index (κ1) is 25.7. The van der Waals surface area contributed by atoms with Crippen LogP contribution in [-0.4, -0.2) is 49.4 Å². The van der Waals surface area contributed by atoms with Crippen molar-refractivity contribution in [3.8, 4) is 0 Å². The molecule has 0 aromatic heterocycles. The van der Waals surface area contributed by atoms with Crippen LogP contribution in [0.3, 0.4) is 0 Å². The first-order chi connectivity index (χ1) is 15.8. The Kier molecular flexibility index (Phi) is 9.37. The molecule has 0 spiro atoms. The van der Waals surface area contributed by atoms with Gasteiger partial charge >= 0.3 is 0 Å². The van der Waals surface area contributed by atoms with E-state index in [-0.39, 0.29) is 17.2 Å². The fraction of sp³-hybridized carbons (Fsp3) is 0.714. The van der Waals surface area contributed by atoms with Gasteiger partial charge in [-0.3, -0.25) is 14.5 Å². The van der Waals surface area contributed by atoms with E-state index in [2.05, 4.69) is 48.3 Å². The number of hydrogen-bond acceptors (Lipinski definition) is 3. The molecule has 4 bridgehead atoms. The highest BCUT2D eigenvalue weighted by Gasteiger charge is 2.40. The lowest BCUT2D eigenvalue weighted by atomic mass is 9.61. The first-order valence-corrected chi connectivity index (χ1v) is 13.1. The van der Waals surface area contributed by atoms with Crippen molar-refractivity contribution in [2.24, 2.45) is 23.2 Å². The Hall–Kier alpha value is -1.88. The molecule has 4 fully saturated rings. The van der Waals surface area contributed by atoms with E-state index in [0.717, 1.165) is 76.6 Å². The predicted molar refractivity (Wildman–Crippen MR) is 136 cm³/mol. The van der Waals surface area contributed by atoms with Gasteiger partial charge in [-0.15, -0.1) is 6.58 Å². The molecule has 5 nitrogen and oxygen atoms in total. The number of amides is 2. The summed E-state index contributed by atoms with van der Waals surface area (Å²) in [4.78, 5) is 27.1. The standard InChI is InChI=1S/C28H45N3O2/c1-5-28(4)13-10-24-18-25(28)22(3)20-31-15-11-23(12-16-31)17-27(33)29-14-8-6-7-9-26(32)30-19-21(24)2/h5,23-25H,1-3,6-20H2,4H3,(H,29,33)(H,30,32)/t24-,25+,28-/m1/s1. The minimum atomic E-state index is 0.0583. The molecule has 3 heterocycles. The molecule has 33 heavy (non-hydrogen) atoms. The minimum Gasteiger partial charge on any atom is -0.356 e. The Morgan fingerprint density at radius 3 is 2.48 bits per heavy atom. The van der Waals surface area contributed by atoms with Gasteiger partial charge in [-0.25, -0.2) is 0 Å². The first-order valence-electron chi connectivity index (χ1n) is 13.1. The van der Waals surface area contributed by atoms with Crippen molar-refractivity contribution >= 4 is 11.8 Å². The van der Waals surface area contributed by atoms with Gasteiger partial charge in [-0.2, -0.15) is 0 Å². The summed E-state index contributed by atoms with van der Waals surface area (Å²) in [7, 11) is 0. The second-order valence-electron chi connectivity index (χ2n) is 10.9. The highest BCUT2D eigenvalue weighted by molar-refractivity contribution is 5.76. The Morgan fingerprint density at radius 1 is 1.00 bits per heavy atom. The summed E-state index contributed by atoms with van der Waals surface area (Å²) < 4.78 is 0. The second kappa shape index (κ2) is 12.0.